The van der Waals surface area contributed by atoms with Crippen molar-refractivity contribution in [2.75, 3.05) is 17.2 Å². The molecule has 1 atom stereocenters. The van der Waals surface area contributed by atoms with Gasteiger partial charge in [0.15, 0.2) is 0 Å². The van der Waals surface area contributed by atoms with E-state index in [1.807, 2.05) is 47.3 Å². The summed E-state index contributed by atoms with van der Waals surface area (Å²) < 4.78 is 1.91. The first kappa shape index (κ1) is 25.0. The highest BCUT2D eigenvalue weighted by atomic mass is 35.5. The van der Waals surface area contributed by atoms with Crippen LogP contribution in [0.5, 0.6) is 0 Å². The molecule has 190 valence electrons. The second-order valence-electron chi connectivity index (χ2n) is 10.7. The van der Waals surface area contributed by atoms with Crippen LogP contribution < -0.4 is 10.6 Å². The molecule has 2 aromatic carbocycles. The normalized spacial score (nSPS) is 14.4. The van der Waals surface area contributed by atoms with Crippen molar-refractivity contribution >= 4 is 33.9 Å². The maximum Gasteiger partial charge on any atom is 0.109 e. The summed E-state index contributed by atoms with van der Waals surface area (Å²) in [5.74, 6) is 0. The van der Waals surface area contributed by atoms with E-state index in [9.17, 15) is 10.4 Å². The Balaban J connectivity index is 1.60. The lowest BCUT2D eigenvalue weighted by atomic mass is 9.96. The standard InChI is InChI=1S/C28H30ClN7O/c1-28(2,3)16-32-25-18(12-30)13-31-26-22(25)10-19(11-23(26)29)33-27(21-7-5-4-6-17(21)15-37)24-14-36(35-34-24)20-8-9-20/h4-7,10-11,13-14,20,27,33,37H,8-9,15-16H2,1-3H3,(H,31,32)/t27-/m0/s1. The van der Waals surface area contributed by atoms with Crippen molar-refractivity contribution in [3.05, 3.63) is 76.2 Å². The number of aliphatic hydroxyl groups is 1. The lowest BCUT2D eigenvalue weighted by Gasteiger charge is -2.23. The Morgan fingerprint density at radius 2 is 2.03 bits per heavy atom. The fraction of sp³-hybridized carbons (Fsp3) is 0.357. The number of aromatic nitrogens is 4. The molecule has 9 heteroatoms. The average Bonchev–Trinajstić information content (AvgIpc) is 3.62. The fourth-order valence-corrected chi connectivity index (χ4v) is 4.62. The second-order valence-corrected chi connectivity index (χ2v) is 11.1. The topological polar surface area (TPSA) is 112 Å². The van der Waals surface area contributed by atoms with Gasteiger partial charge in [-0.2, -0.15) is 5.26 Å². The Morgan fingerprint density at radius 1 is 1.24 bits per heavy atom. The molecule has 37 heavy (non-hydrogen) atoms. The molecule has 0 aliphatic heterocycles. The number of aliphatic hydroxyl groups excluding tert-OH is 1. The number of benzene rings is 2. The van der Waals surface area contributed by atoms with Gasteiger partial charge in [-0.3, -0.25) is 4.98 Å². The first-order valence-corrected chi connectivity index (χ1v) is 12.8. The predicted octanol–water partition coefficient (Wildman–Crippen LogP) is 5.84. The summed E-state index contributed by atoms with van der Waals surface area (Å²) in [5, 5.41) is 36.9. The van der Waals surface area contributed by atoms with Crippen molar-refractivity contribution in [3.8, 4) is 6.07 Å². The smallest absolute Gasteiger partial charge is 0.109 e. The third kappa shape index (κ3) is 5.38. The molecule has 0 bridgehead atoms. The summed E-state index contributed by atoms with van der Waals surface area (Å²) in [6.07, 6.45) is 5.74. The SMILES string of the molecule is CC(C)(C)CNc1c(C#N)cnc2c(Cl)cc(N[C@H](c3cn(C4CC4)nn3)c3ccccc3CO)cc12. The summed E-state index contributed by atoms with van der Waals surface area (Å²) in [6.45, 7) is 6.97. The number of halogens is 1. The van der Waals surface area contributed by atoms with Gasteiger partial charge in [-0.05, 0) is 41.5 Å². The van der Waals surface area contributed by atoms with Gasteiger partial charge in [-0.1, -0.05) is 61.9 Å². The molecule has 3 N–H and O–H groups in total. The summed E-state index contributed by atoms with van der Waals surface area (Å²) in [5.41, 5.74) is 4.99. The first-order chi connectivity index (χ1) is 17.8. The van der Waals surface area contributed by atoms with E-state index in [0.29, 0.717) is 34.4 Å². The molecular weight excluding hydrogens is 486 g/mol. The van der Waals surface area contributed by atoms with E-state index in [-0.39, 0.29) is 18.1 Å². The van der Waals surface area contributed by atoms with Crippen molar-refractivity contribution < 1.29 is 5.11 Å². The third-order valence-electron chi connectivity index (χ3n) is 6.43. The van der Waals surface area contributed by atoms with E-state index in [2.05, 4.69) is 52.8 Å². The van der Waals surface area contributed by atoms with Gasteiger partial charge in [0.05, 0.1) is 46.7 Å². The predicted molar refractivity (Wildman–Crippen MR) is 146 cm³/mol. The largest absolute Gasteiger partial charge is 0.392 e. The van der Waals surface area contributed by atoms with E-state index in [4.69, 9.17) is 11.6 Å². The molecule has 0 amide bonds. The second kappa shape index (κ2) is 10.0. The Bertz CT molecular complexity index is 1480. The van der Waals surface area contributed by atoms with Crippen LogP contribution in [0.3, 0.4) is 0 Å². The Hall–Kier alpha value is -3.67. The van der Waals surface area contributed by atoms with Crippen molar-refractivity contribution in [1.29, 1.82) is 5.26 Å². The zero-order valence-corrected chi connectivity index (χ0v) is 21.9. The number of nitriles is 1. The number of nitrogens with one attached hydrogen (secondary N) is 2. The van der Waals surface area contributed by atoms with Gasteiger partial charge in [0.2, 0.25) is 0 Å². The van der Waals surface area contributed by atoms with E-state index < -0.39 is 0 Å². The first-order valence-electron chi connectivity index (χ1n) is 12.4. The number of anilines is 2. The van der Waals surface area contributed by atoms with Crippen molar-refractivity contribution in [2.45, 2.75) is 52.3 Å². The highest BCUT2D eigenvalue weighted by Gasteiger charge is 2.28. The van der Waals surface area contributed by atoms with Crippen LogP contribution in [0.25, 0.3) is 10.9 Å². The van der Waals surface area contributed by atoms with Gasteiger partial charge in [-0.25, -0.2) is 4.68 Å². The Morgan fingerprint density at radius 3 is 2.73 bits per heavy atom. The number of hydrogen-bond donors (Lipinski definition) is 3. The van der Waals surface area contributed by atoms with Crippen LogP contribution in [-0.4, -0.2) is 31.6 Å². The molecule has 1 fully saturated rings. The minimum Gasteiger partial charge on any atom is -0.392 e. The molecule has 2 heterocycles. The van der Waals surface area contributed by atoms with Gasteiger partial charge in [-0.15, -0.1) is 5.10 Å². The van der Waals surface area contributed by atoms with E-state index >= 15 is 0 Å². The van der Waals surface area contributed by atoms with Crippen LogP contribution in [0.2, 0.25) is 5.02 Å². The van der Waals surface area contributed by atoms with Gasteiger partial charge in [0.25, 0.3) is 0 Å². The number of fused-ring (bicyclic) bond motifs is 1. The molecule has 4 aromatic rings. The summed E-state index contributed by atoms with van der Waals surface area (Å²) in [4.78, 5) is 4.47. The maximum absolute atomic E-state index is 10.1. The van der Waals surface area contributed by atoms with Crippen molar-refractivity contribution in [2.24, 2.45) is 5.41 Å². The van der Waals surface area contributed by atoms with Crippen molar-refractivity contribution in [1.82, 2.24) is 20.0 Å². The summed E-state index contributed by atoms with van der Waals surface area (Å²) >= 11 is 6.72. The van der Waals surface area contributed by atoms with Crippen LogP contribution in [-0.2, 0) is 6.61 Å². The number of nitrogens with zero attached hydrogens (tertiary/aromatic N) is 5. The highest BCUT2D eigenvalue weighted by Crippen LogP contribution is 2.38. The summed E-state index contributed by atoms with van der Waals surface area (Å²) in [7, 11) is 0. The van der Waals surface area contributed by atoms with Gasteiger partial charge in [0.1, 0.15) is 11.8 Å². The van der Waals surface area contributed by atoms with E-state index in [1.165, 1.54) is 0 Å². The van der Waals surface area contributed by atoms with Crippen LogP contribution >= 0.6 is 11.6 Å². The lowest BCUT2D eigenvalue weighted by Crippen LogP contribution is -2.20. The molecule has 0 spiro atoms. The van der Waals surface area contributed by atoms with Crippen molar-refractivity contribution in [3.63, 3.8) is 0 Å². The molecule has 0 unspecified atom stereocenters. The number of rotatable bonds is 8. The van der Waals surface area contributed by atoms with Gasteiger partial charge in [0, 0.05) is 23.8 Å². The third-order valence-corrected chi connectivity index (χ3v) is 6.72. The summed E-state index contributed by atoms with van der Waals surface area (Å²) in [6, 6.07) is 13.8. The average molecular weight is 516 g/mol. The minimum absolute atomic E-state index is 0.00839. The van der Waals surface area contributed by atoms with Crippen LogP contribution in [0.15, 0.2) is 48.8 Å². The molecule has 0 saturated heterocycles. The van der Waals surface area contributed by atoms with Crippen LogP contribution in [0.4, 0.5) is 11.4 Å². The zero-order valence-electron chi connectivity index (χ0n) is 21.2. The monoisotopic (exact) mass is 515 g/mol. The molecule has 1 saturated carbocycles. The lowest BCUT2D eigenvalue weighted by molar-refractivity contribution is 0.280. The number of pyridine rings is 1. The molecule has 1 aliphatic rings. The van der Waals surface area contributed by atoms with Crippen LogP contribution in [0, 0.1) is 16.7 Å². The zero-order chi connectivity index (χ0) is 26.2. The van der Waals surface area contributed by atoms with E-state index in [0.717, 1.165) is 40.7 Å². The van der Waals surface area contributed by atoms with Gasteiger partial charge < -0.3 is 15.7 Å². The highest BCUT2D eigenvalue weighted by molar-refractivity contribution is 6.35. The van der Waals surface area contributed by atoms with Crippen LogP contribution in [0.1, 0.15) is 68.1 Å². The molecular formula is C28H30ClN7O. The Kier molecular flexibility index (Phi) is 6.76. The minimum atomic E-state index is -0.373. The molecule has 8 nitrogen and oxygen atoms in total. The Labute approximate surface area is 221 Å². The van der Waals surface area contributed by atoms with Gasteiger partial charge >= 0.3 is 0 Å². The van der Waals surface area contributed by atoms with E-state index in [1.54, 1.807) is 6.20 Å². The molecule has 0 radical (unpaired) electrons. The molecule has 5 rings (SSSR count). The number of hydrogen-bond acceptors (Lipinski definition) is 7. The maximum atomic E-state index is 10.1. The fourth-order valence-electron chi connectivity index (χ4n) is 4.35. The molecule has 1 aliphatic carbocycles. The molecule has 2 aromatic heterocycles. The quantitative estimate of drug-likeness (QED) is 0.270.